The number of nitrogens with one attached hydrogen (secondary N) is 2. The standard InChI is InChI=1S/C28H33N5O2S/c1-20-17-29-27(31-23-13-11-22(12-14-23)18-33-15-7-8-21(33)2)32-26(20)30-24-9-6-10-25(16-24)36(34,35)19-28(3,4)5/h6-17H,18-19H2,1-5H3,(H2,29,30,31,32). The molecule has 0 unspecified atom stereocenters. The zero-order chi connectivity index (χ0) is 25.9. The van der Waals surface area contributed by atoms with Gasteiger partial charge in [-0.25, -0.2) is 13.4 Å². The van der Waals surface area contributed by atoms with Crippen LogP contribution in [-0.2, 0) is 16.4 Å². The van der Waals surface area contributed by atoms with Crippen LogP contribution in [0.5, 0.6) is 0 Å². The molecule has 0 aliphatic carbocycles. The molecule has 0 amide bonds. The molecule has 8 heteroatoms. The van der Waals surface area contributed by atoms with Crippen molar-refractivity contribution < 1.29 is 8.42 Å². The molecule has 0 radical (unpaired) electrons. The van der Waals surface area contributed by atoms with Crippen molar-refractivity contribution in [3.63, 3.8) is 0 Å². The zero-order valence-corrected chi connectivity index (χ0v) is 22.2. The molecule has 0 fully saturated rings. The van der Waals surface area contributed by atoms with Gasteiger partial charge in [0.15, 0.2) is 9.84 Å². The van der Waals surface area contributed by atoms with Gasteiger partial charge >= 0.3 is 0 Å². The van der Waals surface area contributed by atoms with Crippen molar-refractivity contribution in [3.8, 4) is 0 Å². The fourth-order valence-corrected chi connectivity index (χ4v) is 5.78. The molecular weight excluding hydrogens is 470 g/mol. The van der Waals surface area contributed by atoms with Crippen LogP contribution in [0.1, 0.15) is 37.6 Å². The van der Waals surface area contributed by atoms with Crippen molar-refractivity contribution in [2.75, 3.05) is 16.4 Å². The fraction of sp³-hybridized carbons (Fsp3) is 0.286. The van der Waals surface area contributed by atoms with Crippen molar-refractivity contribution in [2.45, 2.75) is 46.1 Å². The van der Waals surface area contributed by atoms with Crippen LogP contribution >= 0.6 is 0 Å². The smallest absolute Gasteiger partial charge is 0.229 e. The predicted octanol–water partition coefficient (Wildman–Crippen LogP) is 6.25. The number of sulfone groups is 1. The number of hydrogen-bond acceptors (Lipinski definition) is 6. The van der Waals surface area contributed by atoms with Gasteiger partial charge in [0.05, 0.1) is 10.6 Å². The Hall–Kier alpha value is -3.65. The first kappa shape index (κ1) is 25.4. The first-order valence-corrected chi connectivity index (χ1v) is 13.5. The van der Waals surface area contributed by atoms with Gasteiger partial charge in [-0.15, -0.1) is 0 Å². The maximum atomic E-state index is 12.8. The van der Waals surface area contributed by atoms with E-state index in [1.807, 2.05) is 52.0 Å². The van der Waals surface area contributed by atoms with Gasteiger partial charge in [-0.1, -0.05) is 39.0 Å². The van der Waals surface area contributed by atoms with Crippen LogP contribution in [0.2, 0.25) is 0 Å². The molecule has 4 rings (SSSR count). The molecule has 188 valence electrons. The zero-order valence-electron chi connectivity index (χ0n) is 21.4. The average Bonchev–Trinajstić information content (AvgIpc) is 3.20. The van der Waals surface area contributed by atoms with Gasteiger partial charge < -0.3 is 15.2 Å². The third-order valence-electron chi connectivity index (χ3n) is 5.67. The Balaban J connectivity index is 1.48. The van der Waals surface area contributed by atoms with Crippen LogP contribution in [-0.4, -0.2) is 28.7 Å². The third kappa shape index (κ3) is 6.51. The minimum absolute atomic E-state index is 0.0773. The van der Waals surface area contributed by atoms with Gasteiger partial charge in [0.1, 0.15) is 5.82 Å². The molecule has 7 nitrogen and oxygen atoms in total. The quantitative estimate of drug-likeness (QED) is 0.295. The van der Waals surface area contributed by atoms with Crippen molar-refractivity contribution in [1.82, 2.24) is 14.5 Å². The monoisotopic (exact) mass is 503 g/mol. The third-order valence-corrected chi connectivity index (χ3v) is 7.89. The highest BCUT2D eigenvalue weighted by Gasteiger charge is 2.23. The lowest BCUT2D eigenvalue weighted by Crippen LogP contribution is -2.20. The fourth-order valence-electron chi connectivity index (χ4n) is 3.88. The Morgan fingerprint density at radius 3 is 2.33 bits per heavy atom. The van der Waals surface area contributed by atoms with Gasteiger partial charge in [0, 0.05) is 41.6 Å². The van der Waals surface area contributed by atoms with E-state index < -0.39 is 9.84 Å². The van der Waals surface area contributed by atoms with E-state index in [1.165, 1.54) is 11.3 Å². The molecule has 0 atom stereocenters. The second kappa shape index (κ2) is 10.1. The topological polar surface area (TPSA) is 88.9 Å². The Labute approximate surface area is 213 Å². The molecule has 0 bridgehead atoms. The van der Waals surface area contributed by atoms with Crippen molar-refractivity contribution in [3.05, 3.63) is 89.9 Å². The lowest BCUT2D eigenvalue weighted by Gasteiger charge is -2.18. The van der Waals surface area contributed by atoms with Crippen molar-refractivity contribution in [2.24, 2.45) is 5.41 Å². The summed E-state index contributed by atoms with van der Waals surface area (Å²) in [6, 6.07) is 19.2. The molecular formula is C28H33N5O2S. The largest absolute Gasteiger partial charge is 0.347 e. The predicted molar refractivity (Wildman–Crippen MR) is 146 cm³/mol. The first-order valence-electron chi connectivity index (χ1n) is 11.9. The van der Waals surface area contributed by atoms with E-state index in [0.29, 0.717) is 22.3 Å². The molecule has 0 saturated carbocycles. The Kier molecular flexibility index (Phi) is 7.17. The molecule has 36 heavy (non-hydrogen) atoms. The Morgan fingerprint density at radius 2 is 1.67 bits per heavy atom. The van der Waals surface area contributed by atoms with E-state index in [4.69, 9.17) is 0 Å². The molecule has 2 aromatic heterocycles. The normalized spacial score (nSPS) is 11.9. The molecule has 0 aliphatic rings. The highest BCUT2D eigenvalue weighted by molar-refractivity contribution is 7.91. The molecule has 0 saturated heterocycles. The van der Waals surface area contributed by atoms with E-state index in [9.17, 15) is 8.42 Å². The molecule has 0 spiro atoms. The van der Waals surface area contributed by atoms with Gasteiger partial charge in [-0.3, -0.25) is 0 Å². The first-order chi connectivity index (χ1) is 17.0. The average molecular weight is 504 g/mol. The van der Waals surface area contributed by atoms with Gasteiger partial charge in [-0.2, -0.15) is 4.98 Å². The summed E-state index contributed by atoms with van der Waals surface area (Å²) in [7, 11) is -3.40. The van der Waals surface area contributed by atoms with Crippen LogP contribution in [0.15, 0.2) is 78.0 Å². The number of aryl methyl sites for hydroxylation is 2. The van der Waals surface area contributed by atoms with Crippen LogP contribution in [0.4, 0.5) is 23.1 Å². The molecule has 4 aromatic rings. The number of aromatic nitrogens is 3. The van der Waals surface area contributed by atoms with Crippen molar-refractivity contribution >= 4 is 33.0 Å². The lowest BCUT2D eigenvalue weighted by atomic mass is 10.0. The highest BCUT2D eigenvalue weighted by Crippen LogP contribution is 2.26. The maximum Gasteiger partial charge on any atom is 0.229 e. The van der Waals surface area contributed by atoms with Gasteiger partial charge in [0.25, 0.3) is 0 Å². The number of anilines is 4. The second-order valence-electron chi connectivity index (χ2n) is 10.3. The van der Waals surface area contributed by atoms with E-state index in [2.05, 4.69) is 56.5 Å². The summed E-state index contributed by atoms with van der Waals surface area (Å²) in [5.74, 6) is 1.14. The maximum absolute atomic E-state index is 12.8. The minimum Gasteiger partial charge on any atom is -0.347 e. The second-order valence-corrected chi connectivity index (χ2v) is 12.3. The molecule has 2 aromatic carbocycles. The van der Waals surface area contributed by atoms with Crippen LogP contribution < -0.4 is 10.6 Å². The molecule has 2 heterocycles. The number of benzene rings is 2. The lowest BCUT2D eigenvalue weighted by molar-refractivity contribution is 0.462. The summed E-state index contributed by atoms with van der Waals surface area (Å²) in [5.41, 5.74) is 4.48. The summed E-state index contributed by atoms with van der Waals surface area (Å²) in [4.78, 5) is 9.32. The van der Waals surface area contributed by atoms with E-state index in [0.717, 1.165) is 17.8 Å². The van der Waals surface area contributed by atoms with E-state index in [-0.39, 0.29) is 11.2 Å². The minimum atomic E-state index is -3.40. The Bertz CT molecular complexity index is 1450. The van der Waals surface area contributed by atoms with Gasteiger partial charge in [-0.05, 0) is 67.3 Å². The summed E-state index contributed by atoms with van der Waals surface area (Å²) < 4.78 is 27.9. The summed E-state index contributed by atoms with van der Waals surface area (Å²) in [6.45, 7) is 10.6. The molecule has 0 aliphatic heterocycles. The number of hydrogen-bond donors (Lipinski definition) is 2. The summed E-state index contributed by atoms with van der Waals surface area (Å²) in [5, 5.41) is 6.51. The van der Waals surface area contributed by atoms with Crippen molar-refractivity contribution in [1.29, 1.82) is 0 Å². The SMILES string of the molecule is Cc1cnc(Nc2ccc(Cn3cccc3C)cc2)nc1Nc1cccc(S(=O)(=O)CC(C)(C)C)c1. The number of nitrogens with zero attached hydrogens (tertiary/aromatic N) is 3. The van der Waals surface area contributed by atoms with Crippen LogP contribution in [0.3, 0.4) is 0 Å². The van der Waals surface area contributed by atoms with E-state index >= 15 is 0 Å². The van der Waals surface area contributed by atoms with Crippen LogP contribution in [0.25, 0.3) is 0 Å². The van der Waals surface area contributed by atoms with Gasteiger partial charge in [0.2, 0.25) is 5.95 Å². The Morgan fingerprint density at radius 1 is 0.917 bits per heavy atom. The summed E-state index contributed by atoms with van der Waals surface area (Å²) >= 11 is 0. The molecule has 2 N–H and O–H groups in total. The van der Waals surface area contributed by atoms with E-state index in [1.54, 1.807) is 24.4 Å². The summed E-state index contributed by atoms with van der Waals surface area (Å²) in [6.07, 6.45) is 3.81. The highest BCUT2D eigenvalue weighted by atomic mass is 32.2. The van der Waals surface area contributed by atoms with Crippen LogP contribution in [0, 0.1) is 19.3 Å². The number of rotatable bonds is 8.